The van der Waals surface area contributed by atoms with Crippen LogP contribution in [0.2, 0.25) is 0 Å². The summed E-state index contributed by atoms with van der Waals surface area (Å²) in [5.41, 5.74) is 1.19. The van der Waals surface area contributed by atoms with E-state index in [1.165, 1.54) is 11.8 Å². The molecule has 9 heteroatoms. The molecule has 1 aromatic carbocycles. The number of benzene rings is 1. The maximum Gasteiger partial charge on any atom is 0.314 e. The number of rotatable bonds is 9. The molecule has 168 valence electrons. The predicted molar refractivity (Wildman–Crippen MR) is 117 cm³/mol. The van der Waals surface area contributed by atoms with Crippen LogP contribution < -0.4 is 10.6 Å². The quantitative estimate of drug-likeness (QED) is 0.601. The highest BCUT2D eigenvalue weighted by atomic mass is 32.2. The minimum absolute atomic E-state index is 0.165. The fraction of sp³-hybridized carbons (Fsp3) is 0.667. The Morgan fingerprint density at radius 2 is 1.80 bits per heavy atom. The Balaban J connectivity index is 1.45. The lowest BCUT2D eigenvalue weighted by Gasteiger charge is -2.38. The largest absolute Gasteiger partial charge is 0.381 e. The van der Waals surface area contributed by atoms with Gasteiger partial charge in [-0.3, -0.25) is 4.90 Å². The van der Waals surface area contributed by atoms with Gasteiger partial charge in [-0.1, -0.05) is 30.3 Å². The van der Waals surface area contributed by atoms with E-state index in [1.807, 2.05) is 30.3 Å². The van der Waals surface area contributed by atoms with Gasteiger partial charge in [0.05, 0.1) is 6.26 Å². The Morgan fingerprint density at radius 1 is 1.10 bits per heavy atom. The van der Waals surface area contributed by atoms with Gasteiger partial charge in [0.15, 0.2) is 0 Å². The van der Waals surface area contributed by atoms with Crippen LogP contribution in [-0.4, -0.2) is 87.9 Å². The van der Waals surface area contributed by atoms with E-state index in [0.29, 0.717) is 38.8 Å². The number of amides is 2. The molecule has 2 saturated heterocycles. The Labute approximate surface area is 180 Å². The molecule has 0 bridgehead atoms. The molecule has 0 aliphatic carbocycles. The van der Waals surface area contributed by atoms with Gasteiger partial charge < -0.3 is 15.4 Å². The maximum atomic E-state index is 12.1. The van der Waals surface area contributed by atoms with E-state index in [2.05, 4.69) is 15.5 Å². The first kappa shape index (κ1) is 23.0. The molecule has 0 spiro atoms. The third-order valence-electron chi connectivity index (χ3n) is 5.92. The van der Waals surface area contributed by atoms with Crippen LogP contribution in [0.5, 0.6) is 0 Å². The summed E-state index contributed by atoms with van der Waals surface area (Å²) in [5, 5.41) is 5.85. The van der Waals surface area contributed by atoms with E-state index in [1.54, 1.807) is 4.31 Å². The average molecular weight is 439 g/mol. The third kappa shape index (κ3) is 6.94. The molecule has 2 aliphatic heterocycles. The van der Waals surface area contributed by atoms with Gasteiger partial charge in [0.1, 0.15) is 0 Å². The Hall–Kier alpha value is -1.68. The van der Waals surface area contributed by atoms with E-state index in [0.717, 1.165) is 38.9 Å². The van der Waals surface area contributed by atoms with Crippen LogP contribution in [0.3, 0.4) is 0 Å². The van der Waals surface area contributed by atoms with E-state index in [-0.39, 0.29) is 12.1 Å². The number of ether oxygens (including phenoxy) is 1. The lowest BCUT2D eigenvalue weighted by Crippen LogP contribution is -2.50. The van der Waals surface area contributed by atoms with Crippen LogP contribution in [-0.2, 0) is 21.2 Å². The zero-order chi connectivity index (χ0) is 21.4. The van der Waals surface area contributed by atoms with Crippen molar-refractivity contribution in [1.82, 2.24) is 19.8 Å². The molecule has 0 saturated carbocycles. The summed E-state index contributed by atoms with van der Waals surface area (Å²) in [6, 6.07) is 10.5. The first-order valence-corrected chi connectivity index (χ1v) is 12.6. The molecule has 1 aromatic rings. The minimum atomic E-state index is -3.16. The van der Waals surface area contributed by atoms with Crippen LogP contribution in [0, 0.1) is 0 Å². The highest BCUT2D eigenvalue weighted by Crippen LogP contribution is 2.24. The second kappa shape index (κ2) is 11.1. The Kier molecular flexibility index (Phi) is 8.50. The van der Waals surface area contributed by atoms with Crippen LogP contribution in [0.15, 0.2) is 30.3 Å². The predicted octanol–water partition coefficient (Wildman–Crippen LogP) is 1.04. The second-order valence-electron chi connectivity index (χ2n) is 8.06. The van der Waals surface area contributed by atoms with Crippen molar-refractivity contribution >= 4 is 16.1 Å². The van der Waals surface area contributed by atoms with E-state index < -0.39 is 10.0 Å². The minimum Gasteiger partial charge on any atom is -0.381 e. The molecule has 2 fully saturated rings. The number of hydrogen-bond acceptors (Lipinski definition) is 5. The SMILES string of the molecule is CS(=O)(=O)N1CCC(N(CCNC(=O)NCCc2ccccc2)C2CCOCC2)C1. The molecule has 0 aromatic heterocycles. The molecule has 30 heavy (non-hydrogen) atoms. The van der Waals surface area contributed by atoms with Gasteiger partial charge in [-0.2, -0.15) is 0 Å². The second-order valence-corrected chi connectivity index (χ2v) is 10.0. The third-order valence-corrected chi connectivity index (χ3v) is 7.19. The number of carbonyl (C=O) groups excluding carboxylic acids is 1. The summed E-state index contributed by atoms with van der Waals surface area (Å²) in [4.78, 5) is 14.5. The summed E-state index contributed by atoms with van der Waals surface area (Å²) in [5.74, 6) is 0. The smallest absolute Gasteiger partial charge is 0.314 e. The molecular formula is C21H34N4O4S. The van der Waals surface area contributed by atoms with E-state index >= 15 is 0 Å². The first-order valence-electron chi connectivity index (χ1n) is 10.8. The summed E-state index contributed by atoms with van der Waals surface area (Å²) >= 11 is 0. The van der Waals surface area contributed by atoms with Crippen LogP contribution >= 0.6 is 0 Å². The molecule has 1 unspecified atom stereocenters. The molecule has 8 nitrogen and oxygen atoms in total. The summed E-state index contributed by atoms with van der Waals surface area (Å²) < 4.78 is 30.9. The Bertz CT molecular complexity index is 768. The zero-order valence-corrected chi connectivity index (χ0v) is 18.6. The van der Waals surface area contributed by atoms with Crippen LogP contribution in [0.25, 0.3) is 0 Å². The van der Waals surface area contributed by atoms with Crippen molar-refractivity contribution in [2.24, 2.45) is 0 Å². The van der Waals surface area contributed by atoms with Crippen molar-refractivity contribution in [3.05, 3.63) is 35.9 Å². The molecule has 1 atom stereocenters. The van der Waals surface area contributed by atoms with Gasteiger partial charge in [0.25, 0.3) is 0 Å². The molecule has 2 N–H and O–H groups in total. The number of carbonyl (C=O) groups is 1. The van der Waals surface area contributed by atoms with Crippen molar-refractivity contribution in [2.75, 3.05) is 52.2 Å². The molecule has 2 heterocycles. The summed E-state index contributed by atoms with van der Waals surface area (Å²) in [6.45, 7) is 4.39. The van der Waals surface area contributed by atoms with Crippen molar-refractivity contribution < 1.29 is 17.9 Å². The van der Waals surface area contributed by atoms with Crippen LogP contribution in [0.1, 0.15) is 24.8 Å². The fourth-order valence-corrected chi connectivity index (χ4v) is 5.17. The van der Waals surface area contributed by atoms with Gasteiger partial charge in [0.2, 0.25) is 10.0 Å². The fourth-order valence-electron chi connectivity index (χ4n) is 4.29. The number of urea groups is 1. The monoisotopic (exact) mass is 438 g/mol. The van der Waals surface area contributed by atoms with Gasteiger partial charge >= 0.3 is 6.03 Å². The highest BCUT2D eigenvalue weighted by molar-refractivity contribution is 7.88. The topological polar surface area (TPSA) is 91.0 Å². The maximum absolute atomic E-state index is 12.1. The highest BCUT2D eigenvalue weighted by Gasteiger charge is 2.35. The molecule has 0 radical (unpaired) electrons. The summed E-state index contributed by atoms with van der Waals surface area (Å²) in [7, 11) is -3.16. The lowest BCUT2D eigenvalue weighted by atomic mass is 10.0. The lowest BCUT2D eigenvalue weighted by molar-refractivity contribution is 0.0197. The molecule has 2 aliphatic rings. The van der Waals surface area contributed by atoms with E-state index in [4.69, 9.17) is 4.74 Å². The standard InChI is InChI=1S/C21H34N4O4S/c1-30(27,28)24-13-8-20(17-24)25(19-9-15-29-16-10-19)14-12-23-21(26)22-11-7-18-5-3-2-4-6-18/h2-6,19-20H,7-17H2,1H3,(H2,22,23,26). The molecule has 3 rings (SSSR count). The normalized spacial score (nSPS) is 21.1. The van der Waals surface area contributed by atoms with Crippen molar-refractivity contribution in [3.8, 4) is 0 Å². The van der Waals surface area contributed by atoms with Crippen molar-refractivity contribution in [2.45, 2.75) is 37.8 Å². The van der Waals surface area contributed by atoms with Gasteiger partial charge in [-0.25, -0.2) is 17.5 Å². The van der Waals surface area contributed by atoms with E-state index in [9.17, 15) is 13.2 Å². The Morgan fingerprint density at radius 3 is 2.47 bits per heavy atom. The van der Waals surface area contributed by atoms with Crippen LogP contribution in [0.4, 0.5) is 4.79 Å². The number of hydrogen-bond donors (Lipinski definition) is 2. The summed E-state index contributed by atoms with van der Waals surface area (Å²) in [6.07, 6.45) is 4.78. The van der Waals surface area contributed by atoms with Crippen molar-refractivity contribution in [1.29, 1.82) is 0 Å². The number of sulfonamides is 1. The molecular weight excluding hydrogens is 404 g/mol. The van der Waals surface area contributed by atoms with Gasteiger partial charge in [-0.15, -0.1) is 0 Å². The average Bonchev–Trinajstić information content (AvgIpc) is 3.23. The van der Waals surface area contributed by atoms with Crippen molar-refractivity contribution in [3.63, 3.8) is 0 Å². The number of nitrogens with zero attached hydrogens (tertiary/aromatic N) is 2. The van der Waals surface area contributed by atoms with Gasteiger partial charge in [0, 0.05) is 58.0 Å². The first-order chi connectivity index (χ1) is 14.4. The number of nitrogens with one attached hydrogen (secondary N) is 2. The zero-order valence-electron chi connectivity index (χ0n) is 17.8. The van der Waals surface area contributed by atoms with Gasteiger partial charge in [-0.05, 0) is 31.2 Å². The molecule has 2 amide bonds.